The van der Waals surface area contributed by atoms with Crippen LogP contribution in [-0.4, -0.2) is 48.6 Å². The molecule has 1 aromatic rings. The van der Waals surface area contributed by atoms with Crippen molar-refractivity contribution in [3.8, 4) is 11.8 Å². The average Bonchev–Trinajstić information content (AvgIpc) is 2.93. The highest BCUT2D eigenvalue weighted by molar-refractivity contribution is 14.0. The van der Waals surface area contributed by atoms with E-state index in [4.69, 9.17) is 5.73 Å². The minimum absolute atomic E-state index is 0. The van der Waals surface area contributed by atoms with E-state index in [0.717, 1.165) is 31.3 Å². The van der Waals surface area contributed by atoms with Gasteiger partial charge in [-0.3, -0.25) is 0 Å². The van der Waals surface area contributed by atoms with Crippen molar-refractivity contribution in [1.82, 2.24) is 9.88 Å². The molecule has 1 aromatic heterocycles. The predicted molar refractivity (Wildman–Crippen MR) is 91.3 cm³/mol. The zero-order chi connectivity index (χ0) is 12.8. The molecule has 0 unspecified atom stereocenters. The van der Waals surface area contributed by atoms with E-state index in [2.05, 4.69) is 31.6 Å². The molecular formula is C12H18IN5S. The number of hydrogen-bond acceptors (Lipinski definition) is 4. The van der Waals surface area contributed by atoms with Gasteiger partial charge in [0.2, 0.25) is 0 Å². The first-order valence-corrected chi connectivity index (χ1v) is 6.78. The molecule has 1 aliphatic rings. The van der Waals surface area contributed by atoms with E-state index in [1.165, 1.54) is 0 Å². The maximum absolute atomic E-state index is 5.93. The molecule has 2 heterocycles. The van der Waals surface area contributed by atoms with E-state index in [0.29, 0.717) is 12.5 Å². The fourth-order valence-corrected chi connectivity index (χ4v) is 2.50. The van der Waals surface area contributed by atoms with Crippen LogP contribution in [0.5, 0.6) is 0 Å². The first-order valence-electron chi connectivity index (χ1n) is 5.90. The monoisotopic (exact) mass is 391 g/mol. The molecule has 104 valence electrons. The zero-order valence-corrected chi connectivity index (χ0v) is 14.0. The van der Waals surface area contributed by atoms with E-state index in [9.17, 15) is 0 Å². The van der Waals surface area contributed by atoms with Crippen molar-refractivity contribution < 1.29 is 0 Å². The normalized spacial score (nSPS) is 15.5. The van der Waals surface area contributed by atoms with Crippen LogP contribution in [0.25, 0.3) is 0 Å². The minimum atomic E-state index is 0. The molecule has 0 bridgehead atoms. The maximum Gasteiger partial charge on any atom is 0.192 e. The lowest BCUT2D eigenvalue weighted by atomic mass is 10.3. The van der Waals surface area contributed by atoms with Gasteiger partial charge in [0, 0.05) is 37.8 Å². The molecular weight excluding hydrogens is 373 g/mol. The van der Waals surface area contributed by atoms with Crippen LogP contribution in [0, 0.1) is 11.8 Å². The molecule has 0 spiro atoms. The summed E-state index contributed by atoms with van der Waals surface area (Å²) >= 11 is 1.67. The van der Waals surface area contributed by atoms with E-state index >= 15 is 0 Å². The Morgan fingerprint density at radius 2 is 2.21 bits per heavy atom. The van der Waals surface area contributed by atoms with Crippen molar-refractivity contribution in [1.29, 1.82) is 0 Å². The first kappa shape index (κ1) is 16.0. The number of nitrogens with zero attached hydrogens (tertiary/aromatic N) is 4. The third-order valence-corrected chi connectivity index (χ3v) is 3.62. The van der Waals surface area contributed by atoms with Crippen molar-refractivity contribution in [3.05, 3.63) is 11.6 Å². The standard InChI is InChI=1S/C12H17N5S.HI/c1-2-3-4-14-11(13)16-6-8-17(9-7-16)12-15-5-10-18-12;/h5,10H,4,6-9H2,1H3,(H2,13,14);1H. The minimum Gasteiger partial charge on any atom is -0.370 e. The number of hydrogen-bond donors (Lipinski definition) is 1. The lowest BCUT2D eigenvalue weighted by Crippen LogP contribution is -2.51. The number of aromatic nitrogens is 1. The summed E-state index contributed by atoms with van der Waals surface area (Å²) in [5.41, 5.74) is 5.93. The van der Waals surface area contributed by atoms with Crippen LogP contribution >= 0.6 is 35.3 Å². The van der Waals surface area contributed by atoms with Crippen LogP contribution in [0.15, 0.2) is 16.6 Å². The van der Waals surface area contributed by atoms with Crippen molar-refractivity contribution >= 4 is 46.4 Å². The molecule has 1 saturated heterocycles. The molecule has 2 N–H and O–H groups in total. The summed E-state index contributed by atoms with van der Waals surface area (Å²) in [6, 6.07) is 0. The Morgan fingerprint density at radius 1 is 1.47 bits per heavy atom. The third kappa shape index (κ3) is 4.54. The van der Waals surface area contributed by atoms with Crippen LogP contribution in [0.1, 0.15) is 6.92 Å². The van der Waals surface area contributed by atoms with Gasteiger partial charge in [-0.25, -0.2) is 9.98 Å². The van der Waals surface area contributed by atoms with Crippen molar-refractivity contribution in [2.24, 2.45) is 10.7 Å². The van der Waals surface area contributed by atoms with Gasteiger partial charge in [0.1, 0.15) is 6.54 Å². The van der Waals surface area contributed by atoms with Gasteiger partial charge in [-0.15, -0.1) is 41.2 Å². The van der Waals surface area contributed by atoms with Gasteiger partial charge in [-0.2, -0.15) is 0 Å². The molecule has 0 aromatic carbocycles. The highest BCUT2D eigenvalue weighted by atomic mass is 127. The second-order valence-electron chi connectivity index (χ2n) is 3.89. The lowest BCUT2D eigenvalue weighted by Gasteiger charge is -2.35. The number of anilines is 1. The van der Waals surface area contributed by atoms with Crippen LogP contribution in [0.2, 0.25) is 0 Å². The number of nitrogens with two attached hydrogens (primary N) is 1. The van der Waals surface area contributed by atoms with Crippen molar-refractivity contribution in [2.45, 2.75) is 6.92 Å². The fourth-order valence-electron chi connectivity index (χ4n) is 1.80. The predicted octanol–water partition coefficient (Wildman–Crippen LogP) is 1.22. The lowest BCUT2D eigenvalue weighted by molar-refractivity contribution is 0.381. The molecule has 1 fully saturated rings. The topological polar surface area (TPSA) is 57.8 Å². The summed E-state index contributed by atoms with van der Waals surface area (Å²) in [6.45, 7) is 5.92. The Labute approximate surface area is 134 Å². The number of aliphatic imine (C=N–C) groups is 1. The number of thiazole rings is 1. The van der Waals surface area contributed by atoms with Crippen molar-refractivity contribution in [3.63, 3.8) is 0 Å². The molecule has 5 nitrogen and oxygen atoms in total. The van der Waals surface area contributed by atoms with Gasteiger partial charge in [0.15, 0.2) is 11.1 Å². The van der Waals surface area contributed by atoms with E-state index in [1.54, 1.807) is 18.3 Å². The largest absolute Gasteiger partial charge is 0.370 e. The summed E-state index contributed by atoms with van der Waals surface area (Å²) in [5.74, 6) is 6.29. The van der Waals surface area contributed by atoms with Crippen LogP contribution in [0.4, 0.5) is 5.13 Å². The summed E-state index contributed by atoms with van der Waals surface area (Å²) in [7, 11) is 0. The Bertz CT molecular complexity index is 454. The van der Waals surface area contributed by atoms with Crippen LogP contribution < -0.4 is 10.6 Å². The number of piperazine rings is 1. The Balaban J connectivity index is 0.00000180. The molecule has 0 aliphatic carbocycles. The van der Waals surface area contributed by atoms with Gasteiger partial charge < -0.3 is 15.5 Å². The van der Waals surface area contributed by atoms with Gasteiger partial charge in [0.05, 0.1) is 0 Å². The second kappa shape index (κ2) is 8.22. The summed E-state index contributed by atoms with van der Waals surface area (Å²) in [6.07, 6.45) is 1.84. The summed E-state index contributed by atoms with van der Waals surface area (Å²) in [5, 5.41) is 3.09. The Kier molecular flexibility index (Phi) is 6.94. The first-order chi connectivity index (χ1) is 8.81. The molecule has 0 atom stereocenters. The van der Waals surface area contributed by atoms with Gasteiger partial charge >= 0.3 is 0 Å². The SMILES string of the molecule is CC#CCN=C(N)N1CCN(c2nccs2)CC1.I. The second-order valence-corrected chi connectivity index (χ2v) is 4.76. The molecule has 19 heavy (non-hydrogen) atoms. The number of rotatable bonds is 2. The van der Waals surface area contributed by atoms with Crippen LogP contribution in [0.3, 0.4) is 0 Å². The molecule has 0 saturated carbocycles. The maximum atomic E-state index is 5.93. The highest BCUT2D eigenvalue weighted by Crippen LogP contribution is 2.18. The third-order valence-electron chi connectivity index (χ3n) is 2.79. The van der Waals surface area contributed by atoms with Crippen molar-refractivity contribution in [2.75, 3.05) is 37.6 Å². The Hall–Kier alpha value is -1.01. The highest BCUT2D eigenvalue weighted by Gasteiger charge is 2.19. The molecule has 2 rings (SSSR count). The molecule has 0 amide bonds. The van der Waals surface area contributed by atoms with Crippen LogP contribution in [-0.2, 0) is 0 Å². The summed E-state index contributed by atoms with van der Waals surface area (Å²) in [4.78, 5) is 12.9. The van der Waals surface area contributed by atoms with Gasteiger partial charge in [-0.05, 0) is 6.92 Å². The van der Waals surface area contributed by atoms with E-state index in [-0.39, 0.29) is 24.0 Å². The Morgan fingerprint density at radius 3 is 2.79 bits per heavy atom. The zero-order valence-electron chi connectivity index (χ0n) is 10.9. The van der Waals surface area contributed by atoms with Gasteiger partial charge in [-0.1, -0.05) is 5.92 Å². The molecule has 0 radical (unpaired) electrons. The smallest absolute Gasteiger partial charge is 0.192 e. The average molecular weight is 391 g/mol. The fraction of sp³-hybridized carbons (Fsp3) is 0.500. The number of guanidine groups is 1. The van der Waals surface area contributed by atoms with E-state index < -0.39 is 0 Å². The molecule has 1 aliphatic heterocycles. The quantitative estimate of drug-likeness (QED) is 0.357. The summed E-state index contributed by atoms with van der Waals surface area (Å²) < 4.78 is 0. The van der Waals surface area contributed by atoms with Gasteiger partial charge in [0.25, 0.3) is 0 Å². The molecule has 7 heteroatoms. The van der Waals surface area contributed by atoms with E-state index in [1.807, 2.05) is 11.6 Å². The number of halogens is 1.